The predicted octanol–water partition coefficient (Wildman–Crippen LogP) is -0.246. The summed E-state index contributed by atoms with van der Waals surface area (Å²) in [5.74, 6) is -1.42. The first-order valence-corrected chi connectivity index (χ1v) is 7.73. The van der Waals surface area contributed by atoms with Crippen LogP contribution in [0.3, 0.4) is 0 Å². The molecular weight excluding hydrogens is 302 g/mol. The first-order chi connectivity index (χ1) is 11.0. The van der Waals surface area contributed by atoms with Gasteiger partial charge in [0.2, 0.25) is 5.91 Å². The maximum absolute atomic E-state index is 12.1. The Labute approximate surface area is 136 Å². The van der Waals surface area contributed by atoms with E-state index in [-0.39, 0.29) is 19.4 Å². The average Bonchev–Trinajstić information content (AvgIpc) is 2.51. The summed E-state index contributed by atoms with van der Waals surface area (Å²) in [6, 6.07) is -0.916. The van der Waals surface area contributed by atoms with Crippen LogP contribution < -0.4 is 5.32 Å². The summed E-state index contributed by atoms with van der Waals surface area (Å²) in [4.78, 5) is 37.4. The Morgan fingerprint density at radius 1 is 1.35 bits per heavy atom. The molecule has 0 saturated carbocycles. The minimum absolute atomic E-state index is 0.00294. The molecule has 0 aromatic rings. The highest BCUT2D eigenvalue weighted by Crippen LogP contribution is 2.06. The number of Topliss-reactive ketones (excluding diaryl/α,β-unsaturated/α-hetero) is 1. The fourth-order valence-electron chi connectivity index (χ4n) is 1.99. The first-order valence-electron chi connectivity index (χ1n) is 7.73. The topological polar surface area (TPSA) is 109 Å². The lowest BCUT2D eigenvalue weighted by Gasteiger charge is -2.30. The Bertz CT molecular complexity index is 437. The zero-order valence-electron chi connectivity index (χ0n) is 13.7. The number of nitrogens with zero attached hydrogens (tertiary/aromatic N) is 1. The lowest BCUT2D eigenvalue weighted by molar-refractivity contribution is -0.149. The highest BCUT2D eigenvalue weighted by Gasteiger charge is 2.25. The first kappa shape index (κ1) is 19.2. The second-order valence-electron chi connectivity index (χ2n) is 5.45. The smallest absolute Gasteiger partial charge is 0.328 e. The molecule has 1 rings (SSSR count). The van der Waals surface area contributed by atoms with E-state index in [1.165, 1.54) is 7.11 Å². The molecule has 0 spiro atoms. The third-order valence-corrected chi connectivity index (χ3v) is 3.76. The molecule has 1 aliphatic heterocycles. The molecule has 23 heavy (non-hydrogen) atoms. The number of carbonyl (C=O) groups is 3. The third-order valence-electron chi connectivity index (χ3n) is 3.76. The third kappa shape index (κ3) is 6.87. The van der Waals surface area contributed by atoms with Gasteiger partial charge in [-0.15, -0.1) is 0 Å². The SMILES string of the molecule is CO[C@H](C)C(=O)N[C@@H](CCC(=O)C=N)C(=O)OCCN1CCC1. The van der Waals surface area contributed by atoms with Crippen LogP contribution in [0.4, 0.5) is 0 Å². The second-order valence-corrected chi connectivity index (χ2v) is 5.45. The molecule has 1 fully saturated rings. The van der Waals surface area contributed by atoms with Gasteiger partial charge in [-0.2, -0.15) is 0 Å². The highest BCUT2D eigenvalue weighted by molar-refractivity contribution is 6.26. The van der Waals surface area contributed by atoms with E-state index in [0.29, 0.717) is 12.8 Å². The molecule has 0 aromatic carbocycles. The molecule has 0 unspecified atom stereocenters. The van der Waals surface area contributed by atoms with E-state index in [2.05, 4.69) is 10.2 Å². The van der Waals surface area contributed by atoms with Crippen molar-refractivity contribution in [2.24, 2.45) is 0 Å². The van der Waals surface area contributed by atoms with Crippen LogP contribution in [0.15, 0.2) is 0 Å². The molecule has 8 nitrogen and oxygen atoms in total. The van der Waals surface area contributed by atoms with Gasteiger partial charge in [0.15, 0.2) is 5.78 Å². The van der Waals surface area contributed by atoms with Crippen molar-refractivity contribution >= 4 is 23.9 Å². The van der Waals surface area contributed by atoms with Gasteiger partial charge in [-0.05, 0) is 32.9 Å². The summed E-state index contributed by atoms with van der Waals surface area (Å²) < 4.78 is 10.1. The molecular formula is C15H25N3O5. The summed E-state index contributed by atoms with van der Waals surface area (Å²) in [5, 5.41) is 9.42. The van der Waals surface area contributed by atoms with Crippen molar-refractivity contribution in [1.82, 2.24) is 10.2 Å². The van der Waals surface area contributed by atoms with Gasteiger partial charge in [0.25, 0.3) is 0 Å². The zero-order valence-corrected chi connectivity index (χ0v) is 13.7. The van der Waals surface area contributed by atoms with Gasteiger partial charge >= 0.3 is 5.97 Å². The Morgan fingerprint density at radius 3 is 2.57 bits per heavy atom. The summed E-state index contributed by atoms with van der Waals surface area (Å²) in [6.45, 7) is 4.50. The molecule has 1 aliphatic rings. The number of rotatable bonds is 11. The quantitative estimate of drug-likeness (QED) is 0.400. The number of likely N-dealkylation sites (tertiary alicyclic amines) is 1. The van der Waals surface area contributed by atoms with Crippen LogP contribution in [-0.2, 0) is 23.9 Å². The number of methoxy groups -OCH3 is 1. The fourth-order valence-corrected chi connectivity index (χ4v) is 1.99. The van der Waals surface area contributed by atoms with Gasteiger partial charge in [-0.25, -0.2) is 4.79 Å². The van der Waals surface area contributed by atoms with Crippen LogP contribution in [0.25, 0.3) is 0 Å². The number of ketones is 1. The molecule has 1 heterocycles. The second kappa shape index (κ2) is 10.1. The van der Waals surface area contributed by atoms with Crippen LogP contribution in [0, 0.1) is 5.41 Å². The molecule has 0 aromatic heterocycles. The van der Waals surface area contributed by atoms with E-state index in [9.17, 15) is 14.4 Å². The summed E-state index contributed by atoms with van der Waals surface area (Å²) >= 11 is 0. The standard InChI is InChI=1S/C15H25N3O5/c1-11(22-2)14(20)17-13(5-4-12(19)10-16)15(21)23-9-8-18-6-3-7-18/h10-11,13,16H,3-9H2,1-2H3,(H,17,20)/t11-,13+/m1/s1. The van der Waals surface area contributed by atoms with E-state index in [1.54, 1.807) is 6.92 Å². The number of ether oxygens (including phenoxy) is 2. The number of hydrogen-bond acceptors (Lipinski definition) is 7. The van der Waals surface area contributed by atoms with Gasteiger partial charge in [0, 0.05) is 20.1 Å². The van der Waals surface area contributed by atoms with E-state index in [0.717, 1.165) is 19.5 Å². The Kier molecular flexibility index (Phi) is 8.42. The zero-order chi connectivity index (χ0) is 17.2. The van der Waals surface area contributed by atoms with Gasteiger partial charge < -0.3 is 20.2 Å². The van der Waals surface area contributed by atoms with Gasteiger partial charge in [-0.1, -0.05) is 0 Å². The Hall–Kier alpha value is -1.80. The van der Waals surface area contributed by atoms with Crippen LogP contribution >= 0.6 is 0 Å². The fraction of sp³-hybridized carbons (Fsp3) is 0.733. The molecule has 1 amide bonds. The number of hydrogen-bond donors (Lipinski definition) is 2. The number of nitrogens with one attached hydrogen (secondary N) is 2. The molecule has 0 bridgehead atoms. The van der Waals surface area contributed by atoms with E-state index in [1.807, 2.05) is 0 Å². The molecule has 0 radical (unpaired) electrons. The Morgan fingerprint density at radius 2 is 2.04 bits per heavy atom. The molecule has 130 valence electrons. The van der Waals surface area contributed by atoms with Crippen molar-refractivity contribution in [2.75, 3.05) is 33.4 Å². The molecule has 8 heteroatoms. The highest BCUT2D eigenvalue weighted by atomic mass is 16.5. The van der Waals surface area contributed by atoms with Gasteiger partial charge in [0.1, 0.15) is 18.8 Å². The van der Waals surface area contributed by atoms with E-state index in [4.69, 9.17) is 14.9 Å². The van der Waals surface area contributed by atoms with Crippen LogP contribution in [0.2, 0.25) is 0 Å². The van der Waals surface area contributed by atoms with Crippen LogP contribution in [0.1, 0.15) is 26.2 Å². The van der Waals surface area contributed by atoms with E-state index >= 15 is 0 Å². The summed E-state index contributed by atoms with van der Waals surface area (Å²) in [5.41, 5.74) is 0. The Balaban J connectivity index is 2.49. The summed E-state index contributed by atoms with van der Waals surface area (Å²) in [6.07, 6.45) is 1.25. The molecule has 0 aliphatic carbocycles. The van der Waals surface area contributed by atoms with Gasteiger partial charge in [0.05, 0.1) is 6.21 Å². The monoisotopic (exact) mass is 327 g/mol. The van der Waals surface area contributed by atoms with Crippen molar-refractivity contribution in [2.45, 2.75) is 38.3 Å². The maximum Gasteiger partial charge on any atom is 0.328 e. The number of esters is 1. The maximum atomic E-state index is 12.1. The lowest BCUT2D eigenvalue weighted by Crippen LogP contribution is -2.47. The minimum Gasteiger partial charge on any atom is -0.463 e. The number of carbonyl (C=O) groups excluding carboxylic acids is 3. The van der Waals surface area contributed by atoms with Crippen LogP contribution in [0.5, 0.6) is 0 Å². The predicted molar refractivity (Wildman–Crippen MR) is 83.4 cm³/mol. The lowest BCUT2D eigenvalue weighted by atomic mass is 10.1. The molecule has 2 N–H and O–H groups in total. The van der Waals surface area contributed by atoms with Gasteiger partial charge in [-0.3, -0.25) is 14.5 Å². The van der Waals surface area contributed by atoms with Crippen molar-refractivity contribution < 1.29 is 23.9 Å². The van der Waals surface area contributed by atoms with Crippen LogP contribution in [-0.4, -0.2) is 74.3 Å². The van der Waals surface area contributed by atoms with Crippen molar-refractivity contribution in [3.05, 3.63) is 0 Å². The minimum atomic E-state index is -0.916. The average molecular weight is 327 g/mol. The number of amides is 1. The van der Waals surface area contributed by atoms with Crippen molar-refractivity contribution in [3.63, 3.8) is 0 Å². The molecule has 1 saturated heterocycles. The van der Waals surface area contributed by atoms with Crippen molar-refractivity contribution in [3.8, 4) is 0 Å². The van der Waals surface area contributed by atoms with Crippen molar-refractivity contribution in [1.29, 1.82) is 5.41 Å². The van der Waals surface area contributed by atoms with E-state index < -0.39 is 29.8 Å². The normalized spacial score (nSPS) is 16.8. The molecule has 2 atom stereocenters. The largest absolute Gasteiger partial charge is 0.463 e. The summed E-state index contributed by atoms with van der Waals surface area (Å²) in [7, 11) is 1.39.